The van der Waals surface area contributed by atoms with Gasteiger partial charge in [0, 0.05) is 0 Å². The van der Waals surface area contributed by atoms with Crippen LogP contribution in [0.15, 0.2) is 36.4 Å². The second-order valence-electron chi connectivity index (χ2n) is 7.82. The lowest BCUT2D eigenvalue weighted by atomic mass is 9.77. The molecule has 0 heterocycles. The van der Waals surface area contributed by atoms with E-state index in [1.165, 1.54) is 44.1 Å². The molecule has 27 heavy (non-hydrogen) atoms. The maximum Gasteiger partial charge on any atom is 0.168 e. The van der Waals surface area contributed by atoms with Crippen molar-refractivity contribution in [3.05, 3.63) is 53.3 Å². The van der Waals surface area contributed by atoms with E-state index in [2.05, 4.69) is 31.2 Å². The Morgan fingerprint density at radius 1 is 0.926 bits per heavy atom. The van der Waals surface area contributed by atoms with E-state index in [4.69, 9.17) is 4.74 Å². The van der Waals surface area contributed by atoms with Gasteiger partial charge in [-0.3, -0.25) is 0 Å². The third kappa shape index (κ3) is 4.54. The van der Waals surface area contributed by atoms with Crippen molar-refractivity contribution in [1.29, 1.82) is 0 Å². The molecule has 0 unspecified atom stereocenters. The Hall–Kier alpha value is -1.83. The summed E-state index contributed by atoms with van der Waals surface area (Å²) in [5.41, 5.74) is 4.26. The molecule has 0 atom stereocenters. The van der Waals surface area contributed by atoms with Crippen LogP contribution in [0, 0.1) is 11.7 Å². The van der Waals surface area contributed by atoms with Crippen molar-refractivity contribution in [2.24, 2.45) is 5.92 Å². The Labute approximate surface area is 164 Å². The average molecular weight is 369 g/mol. The molecule has 3 rings (SSSR count). The van der Waals surface area contributed by atoms with E-state index in [0.29, 0.717) is 24.7 Å². The highest BCUT2D eigenvalue weighted by molar-refractivity contribution is 5.69. The van der Waals surface area contributed by atoms with E-state index in [1.807, 2.05) is 19.9 Å². The first-order valence-electron chi connectivity index (χ1n) is 10.7. The Kier molecular flexibility index (Phi) is 6.93. The summed E-state index contributed by atoms with van der Waals surface area (Å²) >= 11 is 0. The summed E-state index contributed by atoms with van der Waals surface area (Å²) in [7, 11) is 0. The van der Waals surface area contributed by atoms with Crippen LogP contribution in [0.2, 0.25) is 0 Å². The minimum Gasteiger partial charge on any atom is -0.491 e. The first-order valence-corrected chi connectivity index (χ1v) is 10.7. The zero-order valence-electron chi connectivity index (χ0n) is 17.1. The third-order valence-corrected chi connectivity index (χ3v) is 6.10. The quantitative estimate of drug-likeness (QED) is 0.491. The van der Waals surface area contributed by atoms with Crippen LogP contribution in [0.5, 0.6) is 5.75 Å². The van der Waals surface area contributed by atoms with Gasteiger partial charge in [-0.1, -0.05) is 57.0 Å². The number of hydrogen-bond acceptors (Lipinski definition) is 1. The van der Waals surface area contributed by atoms with Crippen LogP contribution in [0.3, 0.4) is 0 Å². The van der Waals surface area contributed by atoms with E-state index in [9.17, 15) is 4.39 Å². The standard InChI is InChI=1S/C25H33FO/c1-4-7-18-8-10-19(11-9-18)20-12-14-21(15-13-20)23-16-17-24(27-6-3)25(26)22(23)5-2/h12-19H,4-11H2,1-3H3. The van der Waals surface area contributed by atoms with Gasteiger partial charge in [0.1, 0.15) is 0 Å². The van der Waals surface area contributed by atoms with Crippen molar-refractivity contribution in [3.63, 3.8) is 0 Å². The predicted octanol–water partition coefficient (Wildman–Crippen LogP) is 7.53. The van der Waals surface area contributed by atoms with Gasteiger partial charge in [-0.2, -0.15) is 0 Å². The van der Waals surface area contributed by atoms with Gasteiger partial charge in [-0.25, -0.2) is 4.39 Å². The Bertz CT molecular complexity index is 727. The minimum absolute atomic E-state index is 0.213. The highest BCUT2D eigenvalue weighted by atomic mass is 19.1. The number of benzene rings is 2. The third-order valence-electron chi connectivity index (χ3n) is 6.10. The molecule has 0 aliphatic heterocycles. The lowest BCUT2D eigenvalue weighted by Crippen LogP contribution is -2.13. The summed E-state index contributed by atoms with van der Waals surface area (Å²) in [5.74, 6) is 1.77. The summed E-state index contributed by atoms with van der Waals surface area (Å²) < 4.78 is 20.2. The highest BCUT2D eigenvalue weighted by Crippen LogP contribution is 2.38. The van der Waals surface area contributed by atoms with Gasteiger partial charge in [0.25, 0.3) is 0 Å². The van der Waals surface area contributed by atoms with Gasteiger partial charge in [-0.15, -0.1) is 0 Å². The summed E-state index contributed by atoms with van der Waals surface area (Å²) in [6, 6.07) is 12.6. The van der Waals surface area contributed by atoms with Crippen molar-refractivity contribution in [2.45, 2.75) is 71.6 Å². The molecule has 2 aromatic rings. The molecule has 1 saturated carbocycles. The van der Waals surface area contributed by atoms with Crippen LogP contribution >= 0.6 is 0 Å². The van der Waals surface area contributed by atoms with Crippen molar-refractivity contribution in [2.75, 3.05) is 6.61 Å². The lowest BCUT2D eigenvalue weighted by Gasteiger charge is -2.28. The van der Waals surface area contributed by atoms with Crippen LogP contribution in [-0.4, -0.2) is 6.61 Å². The molecule has 0 amide bonds. The topological polar surface area (TPSA) is 9.23 Å². The van der Waals surface area contributed by atoms with Crippen LogP contribution in [0.25, 0.3) is 11.1 Å². The monoisotopic (exact) mass is 368 g/mol. The Morgan fingerprint density at radius 3 is 2.22 bits per heavy atom. The smallest absolute Gasteiger partial charge is 0.168 e. The predicted molar refractivity (Wildman–Crippen MR) is 112 cm³/mol. The Morgan fingerprint density at radius 2 is 1.63 bits per heavy atom. The second-order valence-corrected chi connectivity index (χ2v) is 7.82. The minimum atomic E-state index is -0.213. The number of halogens is 1. The Balaban J connectivity index is 1.77. The second kappa shape index (κ2) is 9.39. The fourth-order valence-electron chi connectivity index (χ4n) is 4.61. The first kappa shape index (κ1) is 19.9. The van der Waals surface area contributed by atoms with E-state index in [0.717, 1.165) is 22.6 Å². The average Bonchev–Trinajstić information content (AvgIpc) is 2.70. The first-order chi connectivity index (χ1) is 13.2. The van der Waals surface area contributed by atoms with Crippen molar-refractivity contribution < 1.29 is 9.13 Å². The molecular weight excluding hydrogens is 335 g/mol. The van der Waals surface area contributed by atoms with Crippen molar-refractivity contribution in [1.82, 2.24) is 0 Å². The summed E-state index contributed by atoms with van der Waals surface area (Å²) in [6.45, 7) is 6.65. The SMILES string of the molecule is CCCC1CCC(c2ccc(-c3ccc(OCC)c(F)c3CC)cc2)CC1. The molecule has 0 spiro atoms. The van der Waals surface area contributed by atoms with Crippen molar-refractivity contribution >= 4 is 0 Å². The molecule has 1 nitrogen and oxygen atoms in total. The zero-order valence-corrected chi connectivity index (χ0v) is 17.1. The van der Waals surface area contributed by atoms with Gasteiger partial charge in [0.15, 0.2) is 11.6 Å². The van der Waals surface area contributed by atoms with Crippen LogP contribution in [0.1, 0.15) is 76.3 Å². The molecule has 1 fully saturated rings. The van der Waals surface area contributed by atoms with Gasteiger partial charge in [-0.05, 0) is 79.2 Å². The van der Waals surface area contributed by atoms with Gasteiger partial charge in [0.05, 0.1) is 6.61 Å². The normalized spacial score (nSPS) is 19.9. The molecule has 0 aromatic heterocycles. The fraction of sp³-hybridized carbons (Fsp3) is 0.520. The molecule has 0 radical (unpaired) electrons. The van der Waals surface area contributed by atoms with Crippen molar-refractivity contribution in [3.8, 4) is 16.9 Å². The summed E-state index contributed by atoms with van der Waals surface area (Å²) in [4.78, 5) is 0. The molecule has 2 aromatic carbocycles. The van der Waals surface area contributed by atoms with Crippen LogP contribution in [-0.2, 0) is 6.42 Å². The maximum absolute atomic E-state index is 14.8. The molecule has 1 aliphatic carbocycles. The van der Waals surface area contributed by atoms with Gasteiger partial charge >= 0.3 is 0 Å². The van der Waals surface area contributed by atoms with Gasteiger partial charge < -0.3 is 4.74 Å². The molecular formula is C25H33FO. The summed E-state index contributed by atoms with van der Waals surface area (Å²) in [6.07, 6.45) is 8.70. The number of rotatable bonds is 7. The zero-order chi connectivity index (χ0) is 19.2. The number of ether oxygens (including phenoxy) is 1. The molecule has 1 aliphatic rings. The molecule has 0 bridgehead atoms. The lowest BCUT2D eigenvalue weighted by molar-refractivity contribution is 0.308. The van der Waals surface area contributed by atoms with E-state index in [-0.39, 0.29) is 5.82 Å². The van der Waals surface area contributed by atoms with E-state index >= 15 is 0 Å². The van der Waals surface area contributed by atoms with Crippen LogP contribution < -0.4 is 4.74 Å². The van der Waals surface area contributed by atoms with Gasteiger partial charge in [0.2, 0.25) is 0 Å². The van der Waals surface area contributed by atoms with Crippen LogP contribution in [0.4, 0.5) is 4.39 Å². The number of hydrogen-bond donors (Lipinski definition) is 0. The molecule has 146 valence electrons. The maximum atomic E-state index is 14.8. The fourth-order valence-corrected chi connectivity index (χ4v) is 4.61. The molecule has 2 heteroatoms. The highest BCUT2D eigenvalue weighted by Gasteiger charge is 2.22. The van der Waals surface area contributed by atoms with E-state index in [1.54, 1.807) is 6.07 Å². The van der Waals surface area contributed by atoms with E-state index < -0.39 is 0 Å². The summed E-state index contributed by atoms with van der Waals surface area (Å²) in [5, 5.41) is 0. The largest absolute Gasteiger partial charge is 0.491 e. The molecule has 0 N–H and O–H groups in total. The molecule has 0 saturated heterocycles.